The SMILES string of the molecule is NCc1cc(Cl)ccc1-c1ccc(C2CCCCC2)cc1. The first-order valence-corrected chi connectivity index (χ1v) is 8.24. The molecule has 2 heteroatoms. The van der Waals surface area contributed by atoms with Crippen LogP contribution in [0.4, 0.5) is 0 Å². The highest BCUT2D eigenvalue weighted by atomic mass is 35.5. The van der Waals surface area contributed by atoms with Gasteiger partial charge in [0.15, 0.2) is 0 Å². The van der Waals surface area contributed by atoms with Crippen molar-refractivity contribution in [3.05, 3.63) is 58.6 Å². The van der Waals surface area contributed by atoms with Crippen molar-refractivity contribution < 1.29 is 0 Å². The van der Waals surface area contributed by atoms with Gasteiger partial charge < -0.3 is 5.73 Å². The molecule has 0 bridgehead atoms. The molecule has 110 valence electrons. The van der Waals surface area contributed by atoms with E-state index < -0.39 is 0 Å². The summed E-state index contributed by atoms with van der Waals surface area (Å²) in [4.78, 5) is 0. The Kier molecular flexibility index (Phi) is 4.62. The van der Waals surface area contributed by atoms with Gasteiger partial charge in [0.2, 0.25) is 0 Å². The molecular weight excluding hydrogens is 278 g/mol. The average Bonchev–Trinajstić information content (AvgIpc) is 2.56. The summed E-state index contributed by atoms with van der Waals surface area (Å²) >= 11 is 6.05. The van der Waals surface area contributed by atoms with Crippen LogP contribution >= 0.6 is 11.6 Å². The highest BCUT2D eigenvalue weighted by molar-refractivity contribution is 6.30. The number of nitrogens with two attached hydrogens (primary N) is 1. The number of rotatable bonds is 3. The summed E-state index contributed by atoms with van der Waals surface area (Å²) in [5.74, 6) is 0.756. The molecule has 1 aliphatic carbocycles. The van der Waals surface area contributed by atoms with Gasteiger partial charge in [0.05, 0.1) is 0 Å². The molecule has 1 nitrogen and oxygen atoms in total. The zero-order valence-corrected chi connectivity index (χ0v) is 13.1. The average molecular weight is 300 g/mol. The Hall–Kier alpha value is -1.31. The van der Waals surface area contributed by atoms with E-state index in [9.17, 15) is 0 Å². The predicted molar refractivity (Wildman–Crippen MR) is 90.6 cm³/mol. The fraction of sp³-hybridized carbons (Fsp3) is 0.368. The van der Waals surface area contributed by atoms with Gasteiger partial charge in [-0.1, -0.05) is 61.2 Å². The number of hydrogen-bond acceptors (Lipinski definition) is 1. The molecule has 3 rings (SSSR count). The van der Waals surface area contributed by atoms with Gasteiger partial charge in [-0.05, 0) is 53.1 Å². The molecule has 0 aromatic heterocycles. The van der Waals surface area contributed by atoms with Crippen LogP contribution < -0.4 is 5.73 Å². The first-order chi connectivity index (χ1) is 10.3. The summed E-state index contributed by atoms with van der Waals surface area (Å²) in [5.41, 5.74) is 10.9. The normalized spacial score (nSPS) is 16.1. The van der Waals surface area contributed by atoms with Crippen molar-refractivity contribution >= 4 is 11.6 Å². The Bertz CT molecular complexity index is 597. The van der Waals surface area contributed by atoms with E-state index in [1.54, 1.807) is 0 Å². The van der Waals surface area contributed by atoms with E-state index >= 15 is 0 Å². The van der Waals surface area contributed by atoms with Crippen molar-refractivity contribution in [2.24, 2.45) is 5.73 Å². The van der Waals surface area contributed by atoms with Crippen molar-refractivity contribution in [1.29, 1.82) is 0 Å². The fourth-order valence-electron chi connectivity index (χ4n) is 3.38. The lowest BCUT2D eigenvalue weighted by molar-refractivity contribution is 0.443. The van der Waals surface area contributed by atoms with Crippen molar-refractivity contribution in [2.45, 2.75) is 44.6 Å². The molecule has 0 aliphatic heterocycles. The standard InChI is InChI=1S/C19H22ClN/c20-18-10-11-19(17(12-18)13-21)16-8-6-15(7-9-16)14-4-2-1-3-5-14/h6-12,14H,1-5,13,21H2. The van der Waals surface area contributed by atoms with Crippen LogP contribution in [0.25, 0.3) is 11.1 Å². The zero-order valence-electron chi connectivity index (χ0n) is 12.3. The van der Waals surface area contributed by atoms with Gasteiger partial charge in [0, 0.05) is 11.6 Å². The summed E-state index contributed by atoms with van der Waals surface area (Å²) in [6.45, 7) is 0.514. The second-order valence-corrected chi connectivity index (χ2v) is 6.40. The molecule has 2 aromatic rings. The Labute approximate surface area is 132 Å². The highest BCUT2D eigenvalue weighted by Crippen LogP contribution is 2.34. The molecule has 21 heavy (non-hydrogen) atoms. The molecule has 0 atom stereocenters. The van der Waals surface area contributed by atoms with Gasteiger partial charge in [-0.3, -0.25) is 0 Å². The van der Waals surface area contributed by atoms with Crippen LogP contribution in [0.15, 0.2) is 42.5 Å². The van der Waals surface area contributed by atoms with Gasteiger partial charge in [0.1, 0.15) is 0 Å². The van der Waals surface area contributed by atoms with Crippen LogP contribution in [-0.2, 0) is 6.54 Å². The molecule has 0 unspecified atom stereocenters. The maximum absolute atomic E-state index is 6.05. The van der Waals surface area contributed by atoms with Crippen LogP contribution in [0, 0.1) is 0 Å². The maximum Gasteiger partial charge on any atom is 0.0409 e. The van der Waals surface area contributed by atoms with E-state index in [0.29, 0.717) is 6.54 Å². The minimum absolute atomic E-state index is 0.514. The van der Waals surface area contributed by atoms with E-state index in [1.165, 1.54) is 48.8 Å². The number of hydrogen-bond donors (Lipinski definition) is 1. The summed E-state index contributed by atoms with van der Waals surface area (Å²) in [6.07, 6.45) is 6.84. The van der Waals surface area contributed by atoms with Gasteiger partial charge in [-0.25, -0.2) is 0 Å². The molecule has 0 spiro atoms. The topological polar surface area (TPSA) is 26.0 Å². The first kappa shape index (κ1) is 14.6. The van der Waals surface area contributed by atoms with Crippen LogP contribution in [0.5, 0.6) is 0 Å². The second-order valence-electron chi connectivity index (χ2n) is 5.96. The molecule has 1 saturated carbocycles. The molecule has 0 radical (unpaired) electrons. The van der Waals surface area contributed by atoms with Crippen molar-refractivity contribution in [1.82, 2.24) is 0 Å². The Morgan fingerprint density at radius 1 is 0.952 bits per heavy atom. The molecule has 0 saturated heterocycles. The largest absolute Gasteiger partial charge is 0.326 e. The lowest BCUT2D eigenvalue weighted by Gasteiger charge is -2.22. The lowest BCUT2D eigenvalue weighted by atomic mass is 9.83. The molecule has 0 amide bonds. The van der Waals surface area contributed by atoms with E-state index in [2.05, 4.69) is 30.3 Å². The molecule has 2 aromatic carbocycles. The maximum atomic E-state index is 6.05. The van der Waals surface area contributed by atoms with Crippen LogP contribution in [-0.4, -0.2) is 0 Å². The second kappa shape index (κ2) is 6.64. The third kappa shape index (κ3) is 3.30. The van der Waals surface area contributed by atoms with Crippen LogP contribution in [0.1, 0.15) is 49.1 Å². The summed E-state index contributed by atoms with van der Waals surface area (Å²) < 4.78 is 0. The quantitative estimate of drug-likeness (QED) is 0.794. The zero-order chi connectivity index (χ0) is 14.7. The monoisotopic (exact) mass is 299 g/mol. The molecular formula is C19H22ClN. The molecule has 1 fully saturated rings. The predicted octanol–water partition coefficient (Wildman–Crippen LogP) is 5.51. The van der Waals surface area contributed by atoms with Gasteiger partial charge >= 0.3 is 0 Å². The lowest BCUT2D eigenvalue weighted by Crippen LogP contribution is -2.04. The summed E-state index contributed by atoms with van der Waals surface area (Å²) in [6, 6.07) is 15.0. The van der Waals surface area contributed by atoms with Crippen LogP contribution in [0.3, 0.4) is 0 Å². The van der Waals surface area contributed by atoms with Crippen LogP contribution in [0.2, 0.25) is 5.02 Å². The third-order valence-corrected chi connectivity index (χ3v) is 4.82. The molecule has 0 heterocycles. The summed E-state index contributed by atoms with van der Waals surface area (Å²) in [7, 11) is 0. The van der Waals surface area contributed by atoms with Crippen molar-refractivity contribution in [3.63, 3.8) is 0 Å². The smallest absolute Gasteiger partial charge is 0.0409 e. The van der Waals surface area contributed by atoms with Crippen molar-refractivity contribution in [3.8, 4) is 11.1 Å². The fourth-order valence-corrected chi connectivity index (χ4v) is 3.58. The first-order valence-electron chi connectivity index (χ1n) is 7.87. The van der Waals surface area contributed by atoms with Gasteiger partial charge in [-0.2, -0.15) is 0 Å². The minimum atomic E-state index is 0.514. The minimum Gasteiger partial charge on any atom is -0.326 e. The molecule has 1 aliphatic rings. The summed E-state index contributed by atoms with van der Waals surface area (Å²) in [5, 5.41) is 0.748. The van der Waals surface area contributed by atoms with E-state index in [-0.39, 0.29) is 0 Å². The Morgan fingerprint density at radius 2 is 1.67 bits per heavy atom. The number of benzene rings is 2. The number of halogens is 1. The highest BCUT2D eigenvalue weighted by Gasteiger charge is 2.15. The Morgan fingerprint density at radius 3 is 2.33 bits per heavy atom. The van der Waals surface area contributed by atoms with E-state index in [0.717, 1.165) is 16.5 Å². The third-order valence-electron chi connectivity index (χ3n) is 4.59. The Balaban J connectivity index is 1.87. The van der Waals surface area contributed by atoms with E-state index in [4.69, 9.17) is 17.3 Å². The van der Waals surface area contributed by atoms with Gasteiger partial charge in [-0.15, -0.1) is 0 Å². The van der Waals surface area contributed by atoms with Gasteiger partial charge in [0.25, 0.3) is 0 Å². The van der Waals surface area contributed by atoms with E-state index in [1.807, 2.05) is 12.1 Å². The van der Waals surface area contributed by atoms with Crippen molar-refractivity contribution in [2.75, 3.05) is 0 Å². The molecule has 2 N–H and O–H groups in total.